The van der Waals surface area contributed by atoms with Gasteiger partial charge in [0.2, 0.25) is 5.91 Å². The molecule has 130 valence electrons. The second kappa shape index (κ2) is 6.59. The van der Waals surface area contributed by atoms with Gasteiger partial charge in [-0.2, -0.15) is 0 Å². The lowest BCUT2D eigenvalue weighted by molar-refractivity contribution is -0.121. The summed E-state index contributed by atoms with van der Waals surface area (Å²) in [6, 6.07) is 12.6. The second-order valence-electron chi connectivity index (χ2n) is 6.64. The van der Waals surface area contributed by atoms with Crippen molar-refractivity contribution < 1.29 is 14.7 Å². The van der Waals surface area contributed by atoms with Crippen LogP contribution in [-0.2, 0) is 4.79 Å². The zero-order valence-corrected chi connectivity index (χ0v) is 14.7. The highest BCUT2D eigenvalue weighted by atomic mass is 16.3. The van der Waals surface area contributed by atoms with Crippen molar-refractivity contribution >= 4 is 17.5 Å². The van der Waals surface area contributed by atoms with E-state index >= 15 is 0 Å². The zero-order chi connectivity index (χ0) is 18.1. The minimum Gasteiger partial charge on any atom is -0.507 e. The fraction of sp³-hybridized carbons (Fsp3) is 0.300. The molecule has 2 aromatic rings. The van der Waals surface area contributed by atoms with Crippen molar-refractivity contribution in [1.82, 2.24) is 4.90 Å². The number of benzene rings is 2. The van der Waals surface area contributed by atoms with Crippen LogP contribution < -0.4 is 4.90 Å². The molecular formula is C20H22N2O3. The Labute approximate surface area is 147 Å². The van der Waals surface area contributed by atoms with Gasteiger partial charge in [-0.05, 0) is 50.6 Å². The Balaban J connectivity index is 1.81. The van der Waals surface area contributed by atoms with Crippen LogP contribution in [0.3, 0.4) is 0 Å². The molecule has 1 aliphatic rings. The Morgan fingerprint density at radius 2 is 1.72 bits per heavy atom. The number of aryl methyl sites for hydroxylation is 2. The minimum absolute atomic E-state index is 0.00118. The summed E-state index contributed by atoms with van der Waals surface area (Å²) in [6.45, 7) is 6.19. The van der Waals surface area contributed by atoms with Gasteiger partial charge in [0.25, 0.3) is 5.91 Å². The fourth-order valence-corrected chi connectivity index (χ4v) is 3.07. The van der Waals surface area contributed by atoms with Gasteiger partial charge in [0.1, 0.15) is 12.3 Å². The molecule has 0 aromatic heterocycles. The van der Waals surface area contributed by atoms with Crippen LogP contribution in [0.5, 0.6) is 5.75 Å². The molecule has 2 aromatic carbocycles. The van der Waals surface area contributed by atoms with E-state index in [0.29, 0.717) is 6.54 Å². The molecule has 1 N–H and O–H groups in total. The lowest BCUT2D eigenvalue weighted by Gasteiger charge is -2.39. The van der Waals surface area contributed by atoms with Crippen molar-refractivity contribution in [3.63, 3.8) is 0 Å². The van der Waals surface area contributed by atoms with Gasteiger partial charge in [0.15, 0.2) is 0 Å². The summed E-state index contributed by atoms with van der Waals surface area (Å²) in [6.07, 6.45) is 0. The molecule has 0 unspecified atom stereocenters. The van der Waals surface area contributed by atoms with E-state index in [-0.39, 0.29) is 35.7 Å². The summed E-state index contributed by atoms with van der Waals surface area (Å²) in [5.74, 6) is -0.491. The number of anilines is 1. The number of aromatic hydroxyl groups is 1. The maximum Gasteiger partial charge on any atom is 0.258 e. The topological polar surface area (TPSA) is 60.9 Å². The van der Waals surface area contributed by atoms with Crippen molar-refractivity contribution in [1.29, 1.82) is 0 Å². The number of rotatable bonds is 2. The van der Waals surface area contributed by atoms with E-state index in [9.17, 15) is 14.7 Å². The van der Waals surface area contributed by atoms with Gasteiger partial charge in [-0.1, -0.05) is 23.8 Å². The summed E-state index contributed by atoms with van der Waals surface area (Å²) in [5, 5.41) is 10.1. The van der Waals surface area contributed by atoms with Crippen molar-refractivity contribution in [3.8, 4) is 5.75 Å². The molecule has 3 rings (SSSR count). The predicted octanol–water partition coefficient (Wildman–Crippen LogP) is 2.89. The van der Waals surface area contributed by atoms with Gasteiger partial charge >= 0.3 is 0 Å². The summed E-state index contributed by atoms with van der Waals surface area (Å²) in [7, 11) is 0. The molecule has 5 nitrogen and oxygen atoms in total. The molecule has 2 amide bonds. The molecule has 1 aliphatic heterocycles. The van der Waals surface area contributed by atoms with Gasteiger partial charge < -0.3 is 14.9 Å². The molecule has 0 radical (unpaired) electrons. The normalized spacial score (nSPS) is 17.7. The molecule has 5 heteroatoms. The molecule has 0 saturated carbocycles. The maximum absolute atomic E-state index is 12.8. The van der Waals surface area contributed by atoms with Crippen molar-refractivity contribution in [2.75, 3.05) is 18.0 Å². The number of amides is 2. The lowest BCUT2D eigenvalue weighted by atomic mass is 10.1. The van der Waals surface area contributed by atoms with E-state index in [1.165, 1.54) is 4.90 Å². The Hall–Kier alpha value is -2.82. The first-order chi connectivity index (χ1) is 11.9. The van der Waals surface area contributed by atoms with E-state index in [0.717, 1.165) is 16.8 Å². The van der Waals surface area contributed by atoms with Gasteiger partial charge in [0, 0.05) is 18.3 Å². The van der Waals surface area contributed by atoms with Crippen LogP contribution in [0.1, 0.15) is 28.4 Å². The average molecular weight is 338 g/mol. The van der Waals surface area contributed by atoms with E-state index in [1.807, 2.05) is 45.0 Å². The van der Waals surface area contributed by atoms with Crippen LogP contribution >= 0.6 is 0 Å². The minimum atomic E-state index is -0.318. The van der Waals surface area contributed by atoms with Crippen LogP contribution in [0.2, 0.25) is 0 Å². The van der Waals surface area contributed by atoms with Crippen molar-refractivity contribution in [2.24, 2.45) is 0 Å². The Morgan fingerprint density at radius 1 is 1.08 bits per heavy atom. The third-order valence-corrected chi connectivity index (χ3v) is 4.58. The van der Waals surface area contributed by atoms with Crippen LogP contribution in [-0.4, -0.2) is 41.0 Å². The average Bonchev–Trinajstić information content (AvgIpc) is 2.57. The quantitative estimate of drug-likeness (QED) is 0.916. The molecule has 25 heavy (non-hydrogen) atoms. The molecule has 1 atom stereocenters. The van der Waals surface area contributed by atoms with E-state index in [1.54, 1.807) is 23.1 Å². The predicted molar refractivity (Wildman–Crippen MR) is 96.9 cm³/mol. The molecule has 1 fully saturated rings. The monoisotopic (exact) mass is 338 g/mol. The van der Waals surface area contributed by atoms with Gasteiger partial charge in [-0.15, -0.1) is 0 Å². The SMILES string of the molecule is Cc1ccc(N2C[C@@H](C)N(C(=O)c3ccc(C)cc3O)CC2=O)cc1. The molecule has 1 heterocycles. The summed E-state index contributed by atoms with van der Waals surface area (Å²) in [5.41, 5.74) is 3.08. The standard InChI is InChI=1S/C20H22N2O3/c1-13-4-7-16(8-5-13)22-11-15(3)21(12-19(22)24)20(25)17-9-6-14(2)10-18(17)23/h4-10,15,23H,11-12H2,1-3H3/t15-/m1/s1. The third-order valence-electron chi connectivity index (χ3n) is 4.58. The smallest absolute Gasteiger partial charge is 0.258 e. The fourth-order valence-electron chi connectivity index (χ4n) is 3.07. The number of phenolic OH excluding ortho intramolecular Hbond substituents is 1. The first-order valence-electron chi connectivity index (χ1n) is 8.34. The number of carbonyl (C=O) groups is 2. The Bertz CT molecular complexity index is 814. The molecular weight excluding hydrogens is 316 g/mol. The number of nitrogens with zero attached hydrogens (tertiary/aromatic N) is 2. The van der Waals surface area contributed by atoms with Gasteiger partial charge in [0.05, 0.1) is 5.56 Å². The van der Waals surface area contributed by atoms with Crippen LogP contribution in [0.15, 0.2) is 42.5 Å². The van der Waals surface area contributed by atoms with E-state index in [4.69, 9.17) is 0 Å². The van der Waals surface area contributed by atoms with Crippen LogP contribution in [0.25, 0.3) is 0 Å². The first kappa shape index (κ1) is 17.0. The molecule has 0 spiro atoms. The second-order valence-corrected chi connectivity index (χ2v) is 6.64. The van der Waals surface area contributed by atoms with Crippen molar-refractivity contribution in [3.05, 3.63) is 59.2 Å². The van der Waals surface area contributed by atoms with E-state index in [2.05, 4.69) is 0 Å². The molecule has 1 saturated heterocycles. The zero-order valence-electron chi connectivity index (χ0n) is 14.7. The highest BCUT2D eigenvalue weighted by Gasteiger charge is 2.34. The summed E-state index contributed by atoms with van der Waals surface area (Å²) in [4.78, 5) is 28.6. The van der Waals surface area contributed by atoms with Gasteiger partial charge in [-0.3, -0.25) is 9.59 Å². The maximum atomic E-state index is 12.8. The van der Waals surface area contributed by atoms with Crippen LogP contribution in [0, 0.1) is 13.8 Å². The number of hydrogen-bond donors (Lipinski definition) is 1. The highest BCUT2D eigenvalue weighted by Crippen LogP contribution is 2.25. The largest absolute Gasteiger partial charge is 0.507 e. The lowest BCUT2D eigenvalue weighted by Crippen LogP contribution is -2.57. The number of carbonyl (C=O) groups excluding carboxylic acids is 2. The Morgan fingerprint density at radius 3 is 2.36 bits per heavy atom. The summed E-state index contributed by atoms with van der Waals surface area (Å²) >= 11 is 0. The van der Waals surface area contributed by atoms with Crippen LogP contribution in [0.4, 0.5) is 5.69 Å². The first-order valence-corrected chi connectivity index (χ1v) is 8.34. The molecule has 0 bridgehead atoms. The number of phenols is 1. The summed E-state index contributed by atoms with van der Waals surface area (Å²) < 4.78 is 0. The Kier molecular flexibility index (Phi) is 4.49. The highest BCUT2D eigenvalue weighted by molar-refractivity contribution is 6.03. The third kappa shape index (κ3) is 3.36. The molecule has 0 aliphatic carbocycles. The van der Waals surface area contributed by atoms with Crippen molar-refractivity contribution in [2.45, 2.75) is 26.8 Å². The number of piperazine rings is 1. The van der Waals surface area contributed by atoms with E-state index < -0.39 is 0 Å². The number of hydrogen-bond acceptors (Lipinski definition) is 3. The van der Waals surface area contributed by atoms with Gasteiger partial charge in [-0.25, -0.2) is 0 Å².